The van der Waals surface area contributed by atoms with Crippen LogP contribution in [0, 0.1) is 11.3 Å². The molecule has 1 heterocycles. The van der Waals surface area contributed by atoms with Crippen molar-refractivity contribution in [3.63, 3.8) is 0 Å². The van der Waals surface area contributed by atoms with E-state index in [0.29, 0.717) is 12.3 Å². The maximum Gasteiger partial charge on any atom is 0.104 e. The van der Waals surface area contributed by atoms with Crippen molar-refractivity contribution in [2.24, 2.45) is 11.3 Å². The molecule has 3 rings (SSSR count). The molecule has 1 N–H and O–H groups in total. The number of rotatable bonds is 0. The number of aliphatic hydroxyl groups excluding tert-OH is 1. The van der Waals surface area contributed by atoms with Gasteiger partial charge in [-0.05, 0) is 39.0 Å². The lowest BCUT2D eigenvalue weighted by Gasteiger charge is -2.54. The van der Waals surface area contributed by atoms with Crippen molar-refractivity contribution in [2.75, 3.05) is 0 Å². The highest BCUT2D eigenvalue weighted by molar-refractivity contribution is 9.09. The van der Waals surface area contributed by atoms with Crippen molar-refractivity contribution in [1.82, 2.24) is 0 Å². The molecular weight excluding hydrogens is 328 g/mol. The van der Waals surface area contributed by atoms with Gasteiger partial charge >= 0.3 is 0 Å². The summed E-state index contributed by atoms with van der Waals surface area (Å²) in [6, 6.07) is 0. The van der Waals surface area contributed by atoms with E-state index in [9.17, 15) is 5.11 Å². The van der Waals surface area contributed by atoms with Gasteiger partial charge in [-0.1, -0.05) is 35.0 Å². The first-order valence-corrected chi connectivity index (χ1v) is 8.32. The molecule has 0 aromatic heterocycles. The molecule has 0 aromatic carbocycles. The standard InChI is InChI=1S/C15H22BrClO2/c1-8-5-12-14(4,19-12)15(9(8)2)6-10(16)13(3,17)7-11(15)18/h8,10-12,18H,2,5-7H2,1,3-4H3/t8-,10+,11-,12+,13+,14+,15-/m1/s1. The molecule has 0 aromatic rings. The normalized spacial score (nSPS) is 61.1. The summed E-state index contributed by atoms with van der Waals surface area (Å²) in [6.45, 7) is 10.6. The fourth-order valence-corrected chi connectivity index (χ4v) is 5.26. The van der Waals surface area contributed by atoms with Crippen molar-refractivity contribution in [1.29, 1.82) is 0 Å². The van der Waals surface area contributed by atoms with Crippen LogP contribution in [0.2, 0.25) is 0 Å². The smallest absolute Gasteiger partial charge is 0.104 e. The molecule has 1 aliphatic heterocycles. The predicted molar refractivity (Wildman–Crippen MR) is 80.8 cm³/mol. The monoisotopic (exact) mass is 348 g/mol. The Balaban J connectivity index is 2.04. The molecule has 3 aliphatic rings. The highest BCUT2D eigenvalue weighted by atomic mass is 79.9. The molecule has 2 saturated carbocycles. The van der Waals surface area contributed by atoms with Crippen LogP contribution in [0.5, 0.6) is 0 Å². The van der Waals surface area contributed by atoms with Crippen LogP contribution in [0.3, 0.4) is 0 Å². The highest BCUT2D eigenvalue weighted by Gasteiger charge is 2.74. The Hall–Kier alpha value is 0.430. The third-order valence-electron chi connectivity index (χ3n) is 5.88. The molecule has 2 aliphatic carbocycles. The minimum absolute atomic E-state index is 0.161. The molecule has 7 atom stereocenters. The second-order valence-corrected chi connectivity index (χ2v) is 8.99. The predicted octanol–water partition coefficient (Wildman–Crippen LogP) is 3.64. The maximum atomic E-state index is 10.8. The summed E-state index contributed by atoms with van der Waals surface area (Å²) in [6.07, 6.45) is 2.18. The Morgan fingerprint density at radius 1 is 1.42 bits per heavy atom. The maximum absolute atomic E-state index is 10.8. The lowest BCUT2D eigenvalue weighted by molar-refractivity contribution is -0.0487. The first-order chi connectivity index (χ1) is 8.65. The molecule has 0 bridgehead atoms. The van der Waals surface area contributed by atoms with Gasteiger partial charge in [0.1, 0.15) is 5.60 Å². The van der Waals surface area contributed by atoms with E-state index in [1.807, 2.05) is 6.92 Å². The van der Waals surface area contributed by atoms with Crippen molar-refractivity contribution < 1.29 is 9.84 Å². The van der Waals surface area contributed by atoms with Crippen LogP contribution < -0.4 is 0 Å². The Kier molecular flexibility index (Phi) is 3.02. The first-order valence-electron chi connectivity index (χ1n) is 7.03. The fraction of sp³-hybridized carbons (Fsp3) is 0.867. The van der Waals surface area contributed by atoms with Crippen molar-refractivity contribution >= 4 is 27.5 Å². The SMILES string of the molecule is C=C1[C@H](C)C[C@@H]2O[C@]2(C)[C@]12C[C@H](Br)[C@@](C)(Cl)C[C@H]2O. The van der Waals surface area contributed by atoms with Crippen LogP contribution >= 0.6 is 27.5 Å². The molecular formula is C15H22BrClO2. The summed E-state index contributed by atoms with van der Waals surface area (Å²) in [5.74, 6) is 0.398. The number of hydrogen-bond donors (Lipinski definition) is 1. The van der Waals surface area contributed by atoms with E-state index in [2.05, 4.69) is 36.4 Å². The summed E-state index contributed by atoms with van der Waals surface area (Å²) in [5.41, 5.74) is 0.542. The van der Waals surface area contributed by atoms with Gasteiger partial charge in [0, 0.05) is 10.2 Å². The molecule has 108 valence electrons. The molecule has 0 unspecified atom stereocenters. The number of fused-ring (bicyclic) bond motifs is 2. The molecule has 0 radical (unpaired) electrons. The molecule has 19 heavy (non-hydrogen) atoms. The van der Waals surface area contributed by atoms with Gasteiger partial charge in [-0.3, -0.25) is 0 Å². The second kappa shape index (κ2) is 4.00. The van der Waals surface area contributed by atoms with E-state index in [-0.39, 0.29) is 21.9 Å². The number of hydrogen-bond acceptors (Lipinski definition) is 2. The lowest BCUT2D eigenvalue weighted by atomic mass is 9.52. The zero-order valence-electron chi connectivity index (χ0n) is 11.7. The first kappa shape index (κ1) is 14.4. The summed E-state index contributed by atoms with van der Waals surface area (Å²) in [5, 5.41) is 10.8. The molecule has 2 nitrogen and oxygen atoms in total. The zero-order valence-corrected chi connectivity index (χ0v) is 14.1. The van der Waals surface area contributed by atoms with E-state index < -0.39 is 11.0 Å². The quantitative estimate of drug-likeness (QED) is 0.411. The van der Waals surface area contributed by atoms with Gasteiger partial charge in [0.2, 0.25) is 0 Å². The fourth-order valence-electron chi connectivity index (χ4n) is 4.34. The van der Waals surface area contributed by atoms with E-state index in [0.717, 1.165) is 18.4 Å². The molecule has 4 heteroatoms. The van der Waals surface area contributed by atoms with Crippen LogP contribution in [0.4, 0.5) is 0 Å². The number of epoxide rings is 1. The van der Waals surface area contributed by atoms with Gasteiger partial charge in [-0.15, -0.1) is 11.6 Å². The zero-order chi connectivity index (χ0) is 14.2. The number of alkyl halides is 2. The van der Waals surface area contributed by atoms with Crippen LogP contribution in [0.15, 0.2) is 12.2 Å². The highest BCUT2D eigenvalue weighted by Crippen LogP contribution is 2.68. The van der Waals surface area contributed by atoms with Crippen molar-refractivity contribution in [3.05, 3.63) is 12.2 Å². The average molecular weight is 350 g/mol. The van der Waals surface area contributed by atoms with Crippen molar-refractivity contribution in [3.8, 4) is 0 Å². The molecule has 3 fully saturated rings. The average Bonchev–Trinajstić information content (AvgIpc) is 2.94. The van der Waals surface area contributed by atoms with Crippen molar-refractivity contribution in [2.45, 2.75) is 67.5 Å². The lowest BCUT2D eigenvalue weighted by Crippen LogP contribution is -2.60. The summed E-state index contributed by atoms with van der Waals surface area (Å²) >= 11 is 10.3. The molecule has 1 spiro atoms. The Morgan fingerprint density at radius 3 is 2.68 bits per heavy atom. The van der Waals surface area contributed by atoms with Gasteiger partial charge < -0.3 is 9.84 Å². The van der Waals surface area contributed by atoms with Gasteiger partial charge in [-0.2, -0.15) is 0 Å². The van der Waals surface area contributed by atoms with Gasteiger partial charge in [-0.25, -0.2) is 0 Å². The topological polar surface area (TPSA) is 32.8 Å². The van der Waals surface area contributed by atoms with Gasteiger partial charge in [0.05, 0.1) is 17.1 Å². The number of aliphatic hydroxyl groups is 1. The van der Waals surface area contributed by atoms with Crippen LogP contribution in [-0.4, -0.2) is 32.6 Å². The summed E-state index contributed by atoms with van der Waals surface area (Å²) in [7, 11) is 0. The van der Waals surface area contributed by atoms with Gasteiger partial charge in [0.25, 0.3) is 0 Å². The van der Waals surface area contributed by atoms with Crippen LogP contribution in [-0.2, 0) is 4.74 Å². The Labute approximate surface area is 128 Å². The van der Waals surface area contributed by atoms with Crippen LogP contribution in [0.25, 0.3) is 0 Å². The van der Waals surface area contributed by atoms with Crippen LogP contribution in [0.1, 0.15) is 40.0 Å². The minimum atomic E-state index is -0.478. The molecule has 1 saturated heterocycles. The summed E-state index contributed by atoms with van der Waals surface area (Å²) < 4.78 is 6.00. The summed E-state index contributed by atoms with van der Waals surface area (Å²) in [4.78, 5) is -0.249. The third kappa shape index (κ3) is 1.68. The van der Waals surface area contributed by atoms with E-state index in [1.54, 1.807) is 0 Å². The second-order valence-electron chi connectivity index (χ2n) is 7.02. The molecule has 0 amide bonds. The third-order valence-corrected chi connectivity index (χ3v) is 7.90. The van der Waals surface area contributed by atoms with Gasteiger partial charge in [0.15, 0.2) is 0 Å². The minimum Gasteiger partial charge on any atom is -0.392 e. The van der Waals surface area contributed by atoms with E-state index in [4.69, 9.17) is 16.3 Å². The largest absolute Gasteiger partial charge is 0.392 e. The number of ether oxygens (including phenoxy) is 1. The Morgan fingerprint density at radius 2 is 2.05 bits per heavy atom. The Bertz CT molecular complexity index is 438. The number of halogens is 2. The van der Waals surface area contributed by atoms with E-state index in [1.165, 1.54) is 0 Å². The van der Waals surface area contributed by atoms with E-state index >= 15 is 0 Å².